The van der Waals surface area contributed by atoms with Crippen LogP contribution < -0.4 is 25.8 Å². The van der Waals surface area contributed by atoms with Gasteiger partial charge in [0.15, 0.2) is 17.5 Å². The fourth-order valence-corrected chi connectivity index (χ4v) is 2.40. The van der Waals surface area contributed by atoms with Gasteiger partial charge < -0.3 is 25.8 Å². The molecule has 0 saturated carbocycles. The van der Waals surface area contributed by atoms with Gasteiger partial charge in [-0.1, -0.05) is 36.4 Å². The van der Waals surface area contributed by atoms with Crippen LogP contribution in [0.25, 0.3) is 0 Å². The van der Waals surface area contributed by atoms with Crippen LogP contribution in [0, 0.1) is 0 Å². The standard InChI is InChI=1S/C20H26N4O3/c1-26-17-9-8-16(12-18(17)27-2)14-24-20(21)22-11-10-19(25)23-13-15-6-4-3-5-7-15/h3-9,12H,10-11,13-14H2,1-2H3,(H,23,25)(H3,21,22,24). The van der Waals surface area contributed by atoms with Crippen molar-refractivity contribution in [1.82, 2.24) is 10.6 Å². The molecular weight excluding hydrogens is 344 g/mol. The van der Waals surface area contributed by atoms with E-state index in [0.29, 0.717) is 43.5 Å². The van der Waals surface area contributed by atoms with Gasteiger partial charge in [0, 0.05) is 19.5 Å². The summed E-state index contributed by atoms with van der Waals surface area (Å²) in [5, 5.41) is 5.81. The van der Waals surface area contributed by atoms with Gasteiger partial charge in [-0.25, -0.2) is 4.99 Å². The first-order valence-corrected chi connectivity index (χ1v) is 8.67. The summed E-state index contributed by atoms with van der Waals surface area (Å²) in [5.74, 6) is 1.56. The number of carbonyl (C=O) groups excluding carboxylic acids is 1. The second kappa shape index (κ2) is 10.7. The zero-order valence-corrected chi connectivity index (χ0v) is 15.7. The maximum atomic E-state index is 11.9. The Balaban J connectivity index is 1.72. The zero-order chi connectivity index (χ0) is 19.5. The van der Waals surface area contributed by atoms with Gasteiger partial charge in [0.1, 0.15) is 0 Å². The molecule has 0 radical (unpaired) electrons. The molecule has 2 rings (SSSR count). The third kappa shape index (κ3) is 6.89. The number of methoxy groups -OCH3 is 2. The Morgan fingerprint density at radius 3 is 2.44 bits per heavy atom. The number of nitrogens with zero attached hydrogens (tertiary/aromatic N) is 1. The quantitative estimate of drug-likeness (QED) is 0.462. The highest BCUT2D eigenvalue weighted by molar-refractivity contribution is 5.80. The highest BCUT2D eigenvalue weighted by Crippen LogP contribution is 2.27. The number of hydrogen-bond acceptors (Lipinski definition) is 4. The first-order valence-electron chi connectivity index (χ1n) is 8.67. The minimum absolute atomic E-state index is 0.0426. The second-order valence-corrected chi connectivity index (χ2v) is 5.83. The van der Waals surface area contributed by atoms with Gasteiger partial charge >= 0.3 is 0 Å². The second-order valence-electron chi connectivity index (χ2n) is 5.83. The fourth-order valence-electron chi connectivity index (χ4n) is 2.40. The van der Waals surface area contributed by atoms with Crippen LogP contribution in [0.5, 0.6) is 11.5 Å². The van der Waals surface area contributed by atoms with Crippen LogP contribution in [0.3, 0.4) is 0 Å². The van der Waals surface area contributed by atoms with Crippen LogP contribution in [0.1, 0.15) is 17.5 Å². The van der Waals surface area contributed by atoms with Gasteiger partial charge in [-0.15, -0.1) is 0 Å². The summed E-state index contributed by atoms with van der Waals surface area (Å²) in [6.45, 7) is 1.34. The van der Waals surface area contributed by atoms with Gasteiger partial charge in [0.25, 0.3) is 0 Å². The summed E-state index contributed by atoms with van der Waals surface area (Å²) >= 11 is 0. The lowest BCUT2D eigenvalue weighted by molar-refractivity contribution is -0.121. The molecule has 7 heteroatoms. The smallest absolute Gasteiger partial charge is 0.222 e. The van der Waals surface area contributed by atoms with Crippen LogP contribution >= 0.6 is 0 Å². The molecule has 0 unspecified atom stereocenters. The lowest BCUT2D eigenvalue weighted by Crippen LogP contribution is -2.35. The molecule has 0 heterocycles. The van der Waals surface area contributed by atoms with Crippen LogP contribution in [-0.2, 0) is 17.9 Å². The minimum Gasteiger partial charge on any atom is -0.493 e. The van der Waals surface area contributed by atoms with Crippen molar-refractivity contribution in [2.75, 3.05) is 20.8 Å². The average Bonchev–Trinajstić information content (AvgIpc) is 2.71. The summed E-state index contributed by atoms with van der Waals surface area (Å²) in [7, 11) is 3.18. The molecule has 0 aromatic heterocycles. The number of amides is 1. The molecule has 0 aliphatic carbocycles. The Bertz CT molecular complexity index is 763. The molecule has 7 nitrogen and oxygen atoms in total. The van der Waals surface area contributed by atoms with E-state index in [0.717, 1.165) is 11.1 Å². The molecule has 0 atom stereocenters. The minimum atomic E-state index is -0.0426. The van der Waals surface area contributed by atoms with E-state index in [1.54, 1.807) is 14.2 Å². The maximum absolute atomic E-state index is 11.9. The largest absolute Gasteiger partial charge is 0.493 e. The van der Waals surface area contributed by atoms with Gasteiger partial charge in [0.05, 0.1) is 20.8 Å². The van der Waals surface area contributed by atoms with Crippen molar-refractivity contribution in [3.05, 3.63) is 59.7 Å². The summed E-state index contributed by atoms with van der Waals surface area (Å²) in [6.07, 6.45) is 0.319. The molecule has 0 bridgehead atoms. The van der Waals surface area contributed by atoms with E-state index in [2.05, 4.69) is 15.6 Å². The molecule has 4 N–H and O–H groups in total. The number of benzene rings is 2. The highest BCUT2D eigenvalue weighted by Gasteiger charge is 2.05. The van der Waals surface area contributed by atoms with E-state index < -0.39 is 0 Å². The third-order valence-corrected chi connectivity index (χ3v) is 3.87. The van der Waals surface area contributed by atoms with E-state index in [4.69, 9.17) is 15.2 Å². The SMILES string of the molecule is COc1ccc(CN=C(N)NCCC(=O)NCc2ccccc2)cc1OC. The van der Waals surface area contributed by atoms with Gasteiger partial charge in [0.2, 0.25) is 5.91 Å². The van der Waals surface area contributed by atoms with Gasteiger partial charge in [-0.2, -0.15) is 0 Å². The molecular formula is C20H26N4O3. The lowest BCUT2D eigenvalue weighted by Gasteiger charge is -2.09. The summed E-state index contributed by atoms with van der Waals surface area (Å²) in [5.41, 5.74) is 7.86. The van der Waals surface area contributed by atoms with Crippen LogP contribution in [-0.4, -0.2) is 32.6 Å². The molecule has 0 saturated heterocycles. The van der Waals surface area contributed by atoms with Crippen LogP contribution in [0.4, 0.5) is 0 Å². The molecule has 27 heavy (non-hydrogen) atoms. The number of nitrogens with one attached hydrogen (secondary N) is 2. The summed E-state index contributed by atoms with van der Waals surface area (Å²) in [6, 6.07) is 15.3. The molecule has 0 fully saturated rings. The van der Waals surface area contributed by atoms with Crippen molar-refractivity contribution >= 4 is 11.9 Å². The van der Waals surface area contributed by atoms with Crippen molar-refractivity contribution in [2.24, 2.45) is 10.7 Å². The Morgan fingerprint density at radius 2 is 1.74 bits per heavy atom. The highest BCUT2D eigenvalue weighted by atomic mass is 16.5. The van der Waals surface area contributed by atoms with Crippen LogP contribution in [0.2, 0.25) is 0 Å². The predicted molar refractivity (Wildman–Crippen MR) is 106 cm³/mol. The average molecular weight is 370 g/mol. The Labute approximate surface area is 159 Å². The number of guanidine groups is 1. The summed E-state index contributed by atoms with van der Waals surface area (Å²) < 4.78 is 10.5. The Kier molecular flexibility index (Phi) is 7.96. The number of aliphatic imine (C=N–C) groups is 1. The molecule has 0 spiro atoms. The molecule has 0 aliphatic heterocycles. The van der Waals surface area contributed by atoms with Crippen molar-refractivity contribution < 1.29 is 14.3 Å². The number of ether oxygens (including phenoxy) is 2. The molecule has 2 aromatic rings. The van der Waals surface area contributed by atoms with E-state index in [9.17, 15) is 4.79 Å². The molecule has 1 amide bonds. The molecule has 2 aromatic carbocycles. The number of carbonyl (C=O) groups is 1. The molecule has 144 valence electrons. The first kappa shape index (κ1) is 20.1. The van der Waals surface area contributed by atoms with Gasteiger partial charge in [-0.3, -0.25) is 4.79 Å². The fraction of sp³-hybridized carbons (Fsp3) is 0.300. The van der Waals surface area contributed by atoms with Crippen molar-refractivity contribution in [3.63, 3.8) is 0 Å². The van der Waals surface area contributed by atoms with Crippen LogP contribution in [0.15, 0.2) is 53.5 Å². The zero-order valence-electron chi connectivity index (χ0n) is 15.7. The van der Waals surface area contributed by atoms with Crippen molar-refractivity contribution in [1.29, 1.82) is 0 Å². The third-order valence-electron chi connectivity index (χ3n) is 3.87. The first-order chi connectivity index (χ1) is 13.1. The van der Waals surface area contributed by atoms with E-state index in [1.165, 1.54) is 0 Å². The molecule has 0 aliphatic rings. The number of rotatable bonds is 9. The normalized spacial score (nSPS) is 11.0. The van der Waals surface area contributed by atoms with Crippen molar-refractivity contribution in [2.45, 2.75) is 19.5 Å². The van der Waals surface area contributed by atoms with Crippen molar-refractivity contribution in [3.8, 4) is 11.5 Å². The predicted octanol–water partition coefficient (Wildman–Crippen LogP) is 1.81. The Morgan fingerprint density at radius 1 is 1.00 bits per heavy atom. The Hall–Kier alpha value is -3.22. The topological polar surface area (TPSA) is 98.0 Å². The van der Waals surface area contributed by atoms with Gasteiger partial charge in [-0.05, 0) is 23.3 Å². The monoisotopic (exact) mass is 370 g/mol. The van der Waals surface area contributed by atoms with E-state index in [-0.39, 0.29) is 5.91 Å². The number of nitrogens with two attached hydrogens (primary N) is 1. The maximum Gasteiger partial charge on any atom is 0.222 e. The summed E-state index contributed by atoms with van der Waals surface area (Å²) in [4.78, 5) is 16.1. The number of hydrogen-bond donors (Lipinski definition) is 3. The van der Waals surface area contributed by atoms with E-state index in [1.807, 2.05) is 48.5 Å². The lowest BCUT2D eigenvalue weighted by atomic mass is 10.2. The van der Waals surface area contributed by atoms with E-state index >= 15 is 0 Å².